The minimum absolute atomic E-state index is 0.160. The van der Waals surface area contributed by atoms with Crippen molar-refractivity contribution in [3.63, 3.8) is 0 Å². The summed E-state index contributed by atoms with van der Waals surface area (Å²) in [5, 5.41) is 6.15. The molecule has 80 valence electrons. The van der Waals surface area contributed by atoms with Crippen LogP contribution in [-0.2, 0) is 4.79 Å². The van der Waals surface area contributed by atoms with E-state index in [9.17, 15) is 4.79 Å². The van der Waals surface area contributed by atoms with Gasteiger partial charge in [-0.3, -0.25) is 4.79 Å². The van der Waals surface area contributed by atoms with Gasteiger partial charge in [0.05, 0.1) is 6.54 Å². The lowest BCUT2D eigenvalue weighted by atomic mass is 10.2. The molecule has 2 fully saturated rings. The molecule has 0 aromatic carbocycles. The second kappa shape index (κ2) is 4.78. The minimum atomic E-state index is 0.160. The van der Waals surface area contributed by atoms with Crippen LogP contribution in [0.2, 0.25) is 0 Å². The Morgan fingerprint density at radius 2 is 2.00 bits per heavy atom. The molecular formula is C11H20N2O. The standard InChI is InChI=1S/C11H20N2O/c14-11(8-13-10-5-6-10)12-7-1-2-9-3-4-9/h9-10,13H,1-8H2,(H,12,14). The van der Waals surface area contributed by atoms with Crippen LogP contribution in [0.15, 0.2) is 0 Å². The normalized spacial score (nSPS) is 20.9. The molecule has 14 heavy (non-hydrogen) atoms. The van der Waals surface area contributed by atoms with Crippen molar-refractivity contribution in [2.24, 2.45) is 5.92 Å². The third-order valence-corrected chi connectivity index (χ3v) is 2.94. The van der Waals surface area contributed by atoms with Crippen LogP contribution in [0.1, 0.15) is 38.5 Å². The molecule has 2 rings (SSSR count). The highest BCUT2D eigenvalue weighted by atomic mass is 16.1. The number of carbonyl (C=O) groups excluding carboxylic acids is 1. The quantitative estimate of drug-likeness (QED) is 0.597. The second-order valence-electron chi connectivity index (χ2n) is 4.59. The maximum atomic E-state index is 11.3. The molecule has 2 N–H and O–H groups in total. The first kappa shape index (κ1) is 9.97. The van der Waals surface area contributed by atoms with E-state index in [4.69, 9.17) is 0 Å². The lowest BCUT2D eigenvalue weighted by Gasteiger charge is -2.05. The zero-order valence-electron chi connectivity index (χ0n) is 8.72. The number of carbonyl (C=O) groups is 1. The fourth-order valence-corrected chi connectivity index (χ4v) is 1.61. The zero-order chi connectivity index (χ0) is 9.80. The molecule has 0 heterocycles. The summed E-state index contributed by atoms with van der Waals surface area (Å²) in [7, 11) is 0. The van der Waals surface area contributed by atoms with Gasteiger partial charge in [0.15, 0.2) is 0 Å². The van der Waals surface area contributed by atoms with Gasteiger partial charge in [-0.15, -0.1) is 0 Å². The second-order valence-corrected chi connectivity index (χ2v) is 4.59. The van der Waals surface area contributed by atoms with Gasteiger partial charge in [-0.25, -0.2) is 0 Å². The SMILES string of the molecule is O=C(CNC1CC1)NCCCC1CC1. The summed E-state index contributed by atoms with van der Waals surface area (Å²) >= 11 is 0. The number of rotatable bonds is 7. The first-order valence-electron chi connectivity index (χ1n) is 5.84. The van der Waals surface area contributed by atoms with Crippen molar-refractivity contribution in [1.82, 2.24) is 10.6 Å². The van der Waals surface area contributed by atoms with Crippen LogP contribution in [0.25, 0.3) is 0 Å². The highest BCUT2D eigenvalue weighted by Gasteiger charge is 2.21. The summed E-state index contributed by atoms with van der Waals surface area (Å²) in [6, 6.07) is 0.632. The van der Waals surface area contributed by atoms with Gasteiger partial charge in [0.1, 0.15) is 0 Å². The van der Waals surface area contributed by atoms with Gasteiger partial charge in [-0.1, -0.05) is 12.8 Å². The van der Waals surface area contributed by atoms with E-state index in [1.165, 1.54) is 32.1 Å². The molecule has 0 aliphatic heterocycles. The van der Waals surface area contributed by atoms with Crippen LogP contribution in [-0.4, -0.2) is 25.0 Å². The average molecular weight is 196 g/mol. The van der Waals surface area contributed by atoms with Crippen LogP contribution in [0, 0.1) is 5.92 Å². The number of hydrogen-bond acceptors (Lipinski definition) is 2. The highest BCUT2D eigenvalue weighted by Crippen LogP contribution is 2.33. The maximum absolute atomic E-state index is 11.3. The summed E-state index contributed by atoms with van der Waals surface area (Å²) in [5.41, 5.74) is 0. The topological polar surface area (TPSA) is 41.1 Å². The monoisotopic (exact) mass is 196 g/mol. The maximum Gasteiger partial charge on any atom is 0.233 e. The molecule has 3 nitrogen and oxygen atoms in total. The van der Waals surface area contributed by atoms with E-state index in [0.29, 0.717) is 12.6 Å². The van der Waals surface area contributed by atoms with Crippen molar-refractivity contribution in [1.29, 1.82) is 0 Å². The molecule has 1 amide bonds. The van der Waals surface area contributed by atoms with Gasteiger partial charge in [0.2, 0.25) is 5.91 Å². The minimum Gasteiger partial charge on any atom is -0.355 e. The predicted octanol–water partition coefficient (Wildman–Crippen LogP) is 1.04. The molecule has 0 atom stereocenters. The molecule has 0 aromatic heterocycles. The molecule has 0 radical (unpaired) electrons. The van der Waals surface area contributed by atoms with Gasteiger partial charge in [-0.2, -0.15) is 0 Å². The van der Waals surface area contributed by atoms with E-state index >= 15 is 0 Å². The number of amides is 1. The Hall–Kier alpha value is -0.570. The van der Waals surface area contributed by atoms with Gasteiger partial charge >= 0.3 is 0 Å². The lowest BCUT2D eigenvalue weighted by Crippen LogP contribution is -2.35. The summed E-state index contributed by atoms with van der Waals surface area (Å²) in [6.07, 6.45) is 7.77. The fourth-order valence-electron chi connectivity index (χ4n) is 1.61. The van der Waals surface area contributed by atoms with E-state index in [1.807, 2.05) is 0 Å². The van der Waals surface area contributed by atoms with Crippen molar-refractivity contribution in [3.05, 3.63) is 0 Å². The van der Waals surface area contributed by atoms with Crippen LogP contribution >= 0.6 is 0 Å². The van der Waals surface area contributed by atoms with Crippen LogP contribution in [0.5, 0.6) is 0 Å². The molecule has 0 unspecified atom stereocenters. The van der Waals surface area contributed by atoms with Crippen molar-refractivity contribution in [3.8, 4) is 0 Å². The first-order valence-corrected chi connectivity index (χ1v) is 5.84. The van der Waals surface area contributed by atoms with Crippen molar-refractivity contribution >= 4 is 5.91 Å². The van der Waals surface area contributed by atoms with Gasteiger partial charge < -0.3 is 10.6 Å². The van der Waals surface area contributed by atoms with Crippen LogP contribution in [0.3, 0.4) is 0 Å². The first-order chi connectivity index (χ1) is 6.84. The van der Waals surface area contributed by atoms with Gasteiger partial charge in [0, 0.05) is 12.6 Å². The zero-order valence-corrected chi connectivity index (χ0v) is 8.72. The van der Waals surface area contributed by atoms with Crippen molar-refractivity contribution < 1.29 is 4.79 Å². The molecule has 0 spiro atoms. The molecule has 3 heteroatoms. The molecular weight excluding hydrogens is 176 g/mol. The van der Waals surface area contributed by atoms with Crippen LogP contribution in [0.4, 0.5) is 0 Å². The van der Waals surface area contributed by atoms with E-state index < -0.39 is 0 Å². The van der Waals surface area contributed by atoms with E-state index in [-0.39, 0.29) is 5.91 Å². The van der Waals surface area contributed by atoms with Crippen LogP contribution < -0.4 is 10.6 Å². The Morgan fingerprint density at radius 3 is 2.64 bits per heavy atom. The summed E-state index contributed by atoms with van der Waals surface area (Å²) in [6.45, 7) is 1.37. The largest absolute Gasteiger partial charge is 0.355 e. The molecule has 2 aliphatic carbocycles. The molecule has 2 aliphatic rings. The predicted molar refractivity (Wildman–Crippen MR) is 56.0 cm³/mol. The lowest BCUT2D eigenvalue weighted by molar-refractivity contribution is -0.120. The van der Waals surface area contributed by atoms with Crippen molar-refractivity contribution in [2.75, 3.05) is 13.1 Å². The Balaban J connectivity index is 1.40. The summed E-state index contributed by atoms with van der Waals surface area (Å²) in [5.74, 6) is 1.14. The van der Waals surface area contributed by atoms with E-state index in [2.05, 4.69) is 10.6 Å². The summed E-state index contributed by atoms with van der Waals surface area (Å²) < 4.78 is 0. The Kier molecular flexibility index (Phi) is 3.40. The number of hydrogen-bond donors (Lipinski definition) is 2. The molecule has 2 saturated carbocycles. The average Bonchev–Trinajstić information content (AvgIpc) is 3.02. The fraction of sp³-hybridized carbons (Fsp3) is 0.909. The Morgan fingerprint density at radius 1 is 1.21 bits per heavy atom. The Bertz CT molecular complexity index is 197. The molecule has 0 aromatic rings. The number of nitrogens with one attached hydrogen (secondary N) is 2. The molecule has 0 bridgehead atoms. The third-order valence-electron chi connectivity index (χ3n) is 2.94. The van der Waals surface area contributed by atoms with E-state index in [0.717, 1.165) is 18.9 Å². The van der Waals surface area contributed by atoms with Crippen molar-refractivity contribution in [2.45, 2.75) is 44.6 Å². The third kappa shape index (κ3) is 4.09. The summed E-state index contributed by atoms with van der Waals surface area (Å²) in [4.78, 5) is 11.3. The van der Waals surface area contributed by atoms with E-state index in [1.54, 1.807) is 0 Å². The molecule has 0 saturated heterocycles. The van der Waals surface area contributed by atoms with Gasteiger partial charge in [-0.05, 0) is 31.6 Å². The smallest absolute Gasteiger partial charge is 0.233 e. The highest BCUT2D eigenvalue weighted by molar-refractivity contribution is 5.77. The Labute approximate surface area is 85.6 Å². The van der Waals surface area contributed by atoms with Gasteiger partial charge in [0.25, 0.3) is 0 Å².